The Morgan fingerprint density at radius 2 is 2.18 bits per heavy atom. The van der Waals surface area contributed by atoms with Crippen molar-refractivity contribution in [2.45, 2.75) is 0 Å². The maximum absolute atomic E-state index is 10.4. The first kappa shape index (κ1) is 8.67. The molecular formula is C6H2Br2NO2-. The van der Waals surface area contributed by atoms with E-state index in [2.05, 4.69) is 36.8 Å². The highest BCUT2D eigenvalue weighted by atomic mass is 79.9. The molecule has 0 saturated carbocycles. The number of carbonyl (C=O) groups is 1. The van der Waals surface area contributed by atoms with E-state index in [1.54, 1.807) is 0 Å². The second-order valence-corrected chi connectivity index (χ2v) is 3.45. The van der Waals surface area contributed by atoms with Gasteiger partial charge in [-0.25, -0.2) is 4.98 Å². The van der Waals surface area contributed by atoms with Gasteiger partial charge in [0.25, 0.3) is 0 Å². The van der Waals surface area contributed by atoms with E-state index in [1.165, 1.54) is 12.3 Å². The van der Waals surface area contributed by atoms with Crippen molar-refractivity contribution >= 4 is 37.8 Å². The van der Waals surface area contributed by atoms with Crippen LogP contribution in [-0.4, -0.2) is 11.0 Å². The van der Waals surface area contributed by atoms with Gasteiger partial charge in [0.2, 0.25) is 0 Å². The molecule has 0 aromatic carbocycles. The highest BCUT2D eigenvalue weighted by molar-refractivity contribution is 9.11. The van der Waals surface area contributed by atoms with Gasteiger partial charge in [0.1, 0.15) is 4.60 Å². The molecule has 1 heterocycles. The zero-order valence-electron chi connectivity index (χ0n) is 5.17. The van der Waals surface area contributed by atoms with E-state index < -0.39 is 5.97 Å². The summed E-state index contributed by atoms with van der Waals surface area (Å²) in [5, 5.41) is 10.4. The number of nitrogens with zero attached hydrogens (tertiary/aromatic N) is 1. The molecule has 0 atom stereocenters. The smallest absolute Gasteiger partial charge is 0.115 e. The van der Waals surface area contributed by atoms with Crippen molar-refractivity contribution < 1.29 is 9.90 Å². The number of aromatic nitrogens is 1. The predicted octanol–water partition coefficient (Wildman–Crippen LogP) is 0.970. The zero-order valence-corrected chi connectivity index (χ0v) is 8.35. The first-order valence-corrected chi connectivity index (χ1v) is 4.22. The van der Waals surface area contributed by atoms with Crippen LogP contribution in [0, 0.1) is 0 Å². The minimum absolute atomic E-state index is 0.0411. The van der Waals surface area contributed by atoms with Crippen LogP contribution in [0.3, 0.4) is 0 Å². The average molecular weight is 280 g/mol. The third-order valence-electron chi connectivity index (χ3n) is 1.03. The van der Waals surface area contributed by atoms with Crippen molar-refractivity contribution in [1.29, 1.82) is 0 Å². The molecule has 1 aromatic heterocycles. The Morgan fingerprint density at radius 3 is 2.64 bits per heavy atom. The van der Waals surface area contributed by atoms with Gasteiger partial charge in [-0.3, -0.25) is 0 Å². The first-order chi connectivity index (χ1) is 5.11. The molecule has 0 radical (unpaired) electrons. The van der Waals surface area contributed by atoms with Crippen molar-refractivity contribution in [3.05, 3.63) is 26.9 Å². The number of carboxylic acids is 1. The Bertz CT molecular complexity index is 301. The van der Waals surface area contributed by atoms with Crippen molar-refractivity contribution in [2.24, 2.45) is 0 Å². The summed E-state index contributed by atoms with van der Waals surface area (Å²) in [6, 6.07) is 1.42. The van der Waals surface area contributed by atoms with Gasteiger partial charge in [0.05, 0.1) is 5.97 Å². The Hall–Kier alpha value is -0.420. The van der Waals surface area contributed by atoms with E-state index in [4.69, 9.17) is 0 Å². The van der Waals surface area contributed by atoms with Gasteiger partial charge in [-0.1, -0.05) is 0 Å². The van der Waals surface area contributed by atoms with Gasteiger partial charge in [0.15, 0.2) is 0 Å². The summed E-state index contributed by atoms with van der Waals surface area (Å²) < 4.78 is 0.889. The number of hydrogen-bond donors (Lipinski definition) is 0. The third kappa shape index (κ3) is 2.00. The Labute approximate surface area is 79.7 Å². The minimum Gasteiger partial charge on any atom is -0.545 e. The lowest BCUT2D eigenvalue weighted by Crippen LogP contribution is -2.23. The summed E-state index contributed by atoms with van der Waals surface area (Å²) in [5.74, 6) is -1.24. The maximum Gasteiger partial charge on any atom is 0.115 e. The lowest BCUT2D eigenvalue weighted by atomic mass is 10.3. The Kier molecular flexibility index (Phi) is 2.62. The largest absolute Gasteiger partial charge is 0.545 e. The third-order valence-corrected chi connectivity index (χ3v) is 2.09. The van der Waals surface area contributed by atoms with Crippen LogP contribution in [0.5, 0.6) is 0 Å². The van der Waals surface area contributed by atoms with Gasteiger partial charge in [-0.15, -0.1) is 0 Å². The molecule has 0 fully saturated rings. The van der Waals surface area contributed by atoms with E-state index in [9.17, 15) is 9.90 Å². The molecule has 0 amide bonds. The number of rotatable bonds is 1. The van der Waals surface area contributed by atoms with Gasteiger partial charge in [0, 0.05) is 16.2 Å². The molecular weight excluding hydrogens is 278 g/mol. The molecule has 0 aliphatic rings. The van der Waals surface area contributed by atoms with E-state index in [0.717, 1.165) is 0 Å². The average Bonchev–Trinajstić information content (AvgIpc) is 1.94. The molecule has 0 bridgehead atoms. The zero-order chi connectivity index (χ0) is 8.43. The second kappa shape index (κ2) is 3.32. The summed E-state index contributed by atoms with van der Waals surface area (Å²) in [7, 11) is 0. The molecule has 0 unspecified atom stereocenters. The first-order valence-electron chi connectivity index (χ1n) is 2.63. The van der Waals surface area contributed by atoms with Crippen LogP contribution in [-0.2, 0) is 0 Å². The van der Waals surface area contributed by atoms with Crippen LogP contribution in [0.2, 0.25) is 0 Å². The normalized spacial score (nSPS) is 9.64. The van der Waals surface area contributed by atoms with Gasteiger partial charge in [-0.2, -0.15) is 0 Å². The van der Waals surface area contributed by atoms with Crippen LogP contribution in [0.1, 0.15) is 10.4 Å². The topological polar surface area (TPSA) is 53.0 Å². The molecule has 58 valence electrons. The summed E-state index contributed by atoms with van der Waals surface area (Å²) in [6.45, 7) is 0. The molecule has 0 aliphatic carbocycles. The fraction of sp³-hybridized carbons (Fsp3) is 0. The monoisotopic (exact) mass is 278 g/mol. The van der Waals surface area contributed by atoms with Crippen LogP contribution in [0.15, 0.2) is 21.3 Å². The fourth-order valence-electron chi connectivity index (χ4n) is 0.566. The molecule has 11 heavy (non-hydrogen) atoms. The summed E-state index contributed by atoms with van der Waals surface area (Å²) in [6.07, 6.45) is 1.50. The van der Waals surface area contributed by atoms with Crippen LogP contribution < -0.4 is 5.11 Å². The number of carboxylic acid groups (broad SMARTS) is 1. The summed E-state index contributed by atoms with van der Waals surface area (Å²) in [5.41, 5.74) is 0.0411. The number of carbonyl (C=O) groups excluding carboxylic acids is 1. The van der Waals surface area contributed by atoms with Crippen molar-refractivity contribution in [2.75, 3.05) is 0 Å². The molecule has 1 aromatic rings. The lowest BCUT2D eigenvalue weighted by Gasteiger charge is -2.03. The van der Waals surface area contributed by atoms with E-state index in [-0.39, 0.29) is 10.2 Å². The number of aromatic carboxylic acids is 1. The van der Waals surface area contributed by atoms with E-state index in [1.807, 2.05) is 0 Å². The summed E-state index contributed by atoms with van der Waals surface area (Å²) in [4.78, 5) is 14.1. The highest BCUT2D eigenvalue weighted by Gasteiger charge is 2.01. The maximum atomic E-state index is 10.4. The summed E-state index contributed by atoms with van der Waals surface area (Å²) >= 11 is 6.07. The van der Waals surface area contributed by atoms with Gasteiger partial charge < -0.3 is 9.90 Å². The molecule has 0 spiro atoms. The standard InChI is InChI=1S/C6H3Br2NO2/c7-3-1-4(6(10)11)5(8)9-2-3/h1-2H,(H,10,11)/p-1. The van der Waals surface area contributed by atoms with Crippen LogP contribution in [0.4, 0.5) is 0 Å². The Balaban J connectivity index is 3.23. The predicted molar refractivity (Wildman–Crippen MR) is 44.0 cm³/mol. The molecule has 0 N–H and O–H groups in total. The van der Waals surface area contributed by atoms with Gasteiger partial charge in [-0.05, 0) is 37.9 Å². The van der Waals surface area contributed by atoms with Crippen LogP contribution >= 0.6 is 31.9 Å². The van der Waals surface area contributed by atoms with Gasteiger partial charge >= 0.3 is 0 Å². The van der Waals surface area contributed by atoms with Crippen molar-refractivity contribution in [3.63, 3.8) is 0 Å². The number of halogens is 2. The molecule has 1 rings (SSSR count). The second-order valence-electron chi connectivity index (χ2n) is 1.78. The van der Waals surface area contributed by atoms with Crippen molar-refractivity contribution in [3.8, 4) is 0 Å². The van der Waals surface area contributed by atoms with E-state index in [0.29, 0.717) is 4.47 Å². The minimum atomic E-state index is -1.24. The number of hydrogen-bond acceptors (Lipinski definition) is 3. The fourth-order valence-corrected chi connectivity index (χ4v) is 1.28. The number of pyridine rings is 1. The molecule has 0 aliphatic heterocycles. The quantitative estimate of drug-likeness (QED) is 0.720. The molecule has 0 saturated heterocycles. The Morgan fingerprint density at radius 1 is 1.55 bits per heavy atom. The highest BCUT2D eigenvalue weighted by Crippen LogP contribution is 2.17. The lowest BCUT2D eigenvalue weighted by molar-refractivity contribution is -0.255. The van der Waals surface area contributed by atoms with Crippen LogP contribution in [0.25, 0.3) is 0 Å². The SMILES string of the molecule is O=C([O-])c1cc(Br)cnc1Br. The molecule has 5 heteroatoms. The van der Waals surface area contributed by atoms with Crippen molar-refractivity contribution in [1.82, 2.24) is 4.98 Å². The van der Waals surface area contributed by atoms with E-state index >= 15 is 0 Å². The molecule has 3 nitrogen and oxygen atoms in total.